The summed E-state index contributed by atoms with van der Waals surface area (Å²) in [6.45, 7) is 4.11. The van der Waals surface area contributed by atoms with E-state index in [0.717, 1.165) is 0 Å². The highest BCUT2D eigenvalue weighted by Crippen LogP contribution is 2.52. The van der Waals surface area contributed by atoms with Gasteiger partial charge < -0.3 is 21.1 Å². The van der Waals surface area contributed by atoms with E-state index >= 15 is 4.39 Å². The Bertz CT molecular complexity index is 1330. The average molecular weight is 555 g/mol. The molecule has 4 aliphatic carbocycles. The van der Waals surface area contributed by atoms with Crippen LogP contribution in [0.1, 0.15) is 19.3 Å². The second-order valence-corrected chi connectivity index (χ2v) is 11.6. The summed E-state index contributed by atoms with van der Waals surface area (Å²) in [5, 5.41) is 20.3. The van der Waals surface area contributed by atoms with Crippen LogP contribution in [0, 0.1) is 29.1 Å². The smallest absolute Gasteiger partial charge is 0.233 e. The molecule has 7 unspecified atom stereocenters. The lowest BCUT2D eigenvalue weighted by atomic mass is 9.51. The first-order valence-electron chi connectivity index (χ1n) is 13.1. The second-order valence-electron chi connectivity index (χ2n) is 11.6. The maximum atomic E-state index is 15.6. The van der Waals surface area contributed by atoms with Crippen molar-refractivity contribution in [3.8, 4) is 0 Å². The number of primary amides is 1. The first kappa shape index (κ1) is 29.6. The van der Waals surface area contributed by atoms with Crippen molar-refractivity contribution in [1.29, 1.82) is 5.41 Å². The summed E-state index contributed by atoms with van der Waals surface area (Å²) in [6, 6.07) is -1.14. The first-order chi connectivity index (χ1) is 18.7. The topological polar surface area (TPSA) is 162 Å². The molecule has 7 atom stereocenters. The van der Waals surface area contributed by atoms with Crippen LogP contribution in [-0.2, 0) is 24.0 Å². The zero-order valence-electron chi connectivity index (χ0n) is 23.1. The number of amides is 1. The Balaban J connectivity index is 1.79. The maximum Gasteiger partial charge on any atom is 0.233 e. The van der Waals surface area contributed by atoms with Crippen molar-refractivity contribution >= 4 is 34.8 Å². The van der Waals surface area contributed by atoms with Gasteiger partial charge in [-0.05, 0) is 58.1 Å². The average Bonchev–Trinajstić information content (AvgIpc) is 2.83. The molecule has 0 radical (unpaired) electrons. The van der Waals surface area contributed by atoms with Gasteiger partial charge in [0.05, 0.1) is 23.2 Å². The van der Waals surface area contributed by atoms with Gasteiger partial charge in [-0.15, -0.1) is 0 Å². The molecule has 4 N–H and O–H groups in total. The number of nitrogens with zero attached hydrogens (tertiary/aromatic N) is 2. The van der Waals surface area contributed by atoms with Gasteiger partial charge in [-0.3, -0.25) is 28.9 Å². The number of allylic oxidation sites excluding steroid dienone is 5. The Morgan fingerprint density at radius 1 is 1.20 bits per heavy atom. The molecule has 214 valence electrons. The second kappa shape index (κ2) is 10.5. The fourth-order valence-electron chi connectivity index (χ4n) is 6.94. The number of halogens is 1. The third kappa shape index (κ3) is 4.46. The number of Topliss-reactive ketones (excluding diaryl/α,β-unsaturated/α-hetero) is 4. The molecule has 0 aromatic carbocycles. The number of fused-ring (bicyclic) bond motifs is 2. The zero-order valence-corrected chi connectivity index (χ0v) is 23.1. The van der Waals surface area contributed by atoms with Crippen molar-refractivity contribution in [2.75, 3.05) is 34.7 Å². The van der Waals surface area contributed by atoms with Gasteiger partial charge in [-0.25, -0.2) is 4.39 Å². The van der Waals surface area contributed by atoms with E-state index in [1.807, 2.05) is 19.0 Å². The molecule has 0 aliphatic heterocycles. The number of alkyl halides is 1. The highest BCUT2D eigenvalue weighted by molar-refractivity contribution is 6.36. The molecule has 0 aromatic rings. The van der Waals surface area contributed by atoms with Crippen LogP contribution < -0.4 is 5.73 Å². The lowest BCUT2D eigenvalue weighted by Crippen LogP contribution is -2.73. The number of rotatable bonds is 6. The summed E-state index contributed by atoms with van der Waals surface area (Å²) in [5.41, 5.74) is 2.34. The van der Waals surface area contributed by atoms with Crippen LogP contribution in [0.3, 0.4) is 0 Å². The molecule has 0 saturated heterocycles. The number of likely N-dealkylation sites (N-methyl/N-ethyl adjacent to an activating group) is 2. The molecule has 0 heterocycles. The number of carbonyl (C=O) groups excluding carboxylic acids is 5. The van der Waals surface area contributed by atoms with Crippen molar-refractivity contribution in [2.24, 2.45) is 29.4 Å². The monoisotopic (exact) mass is 554 g/mol. The number of nitrogens with one attached hydrogen (secondary N) is 1. The van der Waals surface area contributed by atoms with Crippen molar-refractivity contribution in [1.82, 2.24) is 9.80 Å². The molecule has 4 aliphatic rings. The van der Waals surface area contributed by atoms with Gasteiger partial charge in [0.1, 0.15) is 12.1 Å². The molecule has 2 fully saturated rings. The molecular weight excluding hydrogens is 519 g/mol. The van der Waals surface area contributed by atoms with E-state index in [1.54, 1.807) is 12.2 Å². The molecule has 0 bridgehead atoms. The maximum absolute atomic E-state index is 15.6. The van der Waals surface area contributed by atoms with E-state index in [0.29, 0.717) is 12.1 Å². The van der Waals surface area contributed by atoms with Crippen LogP contribution in [0.5, 0.6) is 0 Å². The third-order valence-electron chi connectivity index (χ3n) is 8.54. The quantitative estimate of drug-likeness (QED) is 0.183. The van der Waals surface area contributed by atoms with Gasteiger partial charge in [0.2, 0.25) is 5.91 Å². The highest BCUT2D eigenvalue weighted by Gasteiger charge is 2.68. The van der Waals surface area contributed by atoms with E-state index in [1.165, 1.54) is 25.1 Å². The molecule has 1 amide bonds. The molecule has 4 rings (SSSR count). The van der Waals surface area contributed by atoms with Crippen molar-refractivity contribution in [2.45, 2.75) is 37.1 Å². The molecule has 0 aromatic heterocycles. The summed E-state index contributed by atoms with van der Waals surface area (Å²) in [7, 11) is 6.73. The van der Waals surface area contributed by atoms with Crippen LogP contribution in [0.15, 0.2) is 47.1 Å². The van der Waals surface area contributed by atoms with Crippen LogP contribution in [0.2, 0.25) is 0 Å². The standard InChI is InChI=1S/C29H35FN4O6/c1-6-7-13(12-33(2)3)8-15-11-18(30)16-9-14-10-17-22(34(4)5)25(37)21(28(32)39)26(31)29(17,40)27(38)19(14)24(36)20(16)23(15)35/h6-8,14,17-19,21-22,31,40H,1,9-12H2,2-5H3,(H2,32,39)/b13-7+,15-8+,31-26?. The summed E-state index contributed by atoms with van der Waals surface area (Å²) < 4.78 is 15.6. The lowest BCUT2D eigenvalue weighted by Gasteiger charge is -2.54. The molecule has 11 heteroatoms. The third-order valence-corrected chi connectivity index (χ3v) is 8.54. The molecule has 40 heavy (non-hydrogen) atoms. The molecule has 2 saturated carbocycles. The van der Waals surface area contributed by atoms with Crippen LogP contribution >= 0.6 is 0 Å². The Hall–Kier alpha value is -3.41. The number of hydrogen-bond acceptors (Lipinski definition) is 9. The van der Waals surface area contributed by atoms with Gasteiger partial charge in [-0.1, -0.05) is 24.8 Å². The summed E-state index contributed by atoms with van der Waals surface area (Å²) in [4.78, 5) is 70.0. The van der Waals surface area contributed by atoms with E-state index in [4.69, 9.17) is 11.1 Å². The van der Waals surface area contributed by atoms with Gasteiger partial charge in [-0.2, -0.15) is 0 Å². The molecular formula is C29H35FN4O6. The number of ketones is 4. The Kier molecular flexibility index (Phi) is 7.78. The number of hydrogen-bond donors (Lipinski definition) is 3. The van der Waals surface area contributed by atoms with Crippen LogP contribution in [0.4, 0.5) is 4.39 Å². The largest absolute Gasteiger partial charge is 0.376 e. The predicted octanol–water partition coefficient (Wildman–Crippen LogP) is 0.354. The van der Waals surface area contributed by atoms with Gasteiger partial charge in [0.15, 0.2) is 28.7 Å². The Labute approximate surface area is 231 Å². The van der Waals surface area contributed by atoms with Gasteiger partial charge >= 0.3 is 0 Å². The van der Waals surface area contributed by atoms with Crippen LogP contribution in [-0.4, -0.2) is 102 Å². The SMILES string of the molecule is C=C/C=C(\C=C1/CC(F)C2=C(C1=O)C(=O)C1C(=O)C3(O)C(=N)C(C(N)=O)C(=O)C(N(C)C)C3CC1C2)CN(C)C. The molecule has 10 nitrogen and oxygen atoms in total. The van der Waals surface area contributed by atoms with E-state index < -0.39 is 81.8 Å². The minimum atomic E-state index is -2.62. The van der Waals surface area contributed by atoms with Crippen molar-refractivity contribution in [3.05, 3.63) is 47.1 Å². The minimum Gasteiger partial charge on any atom is -0.376 e. The zero-order chi connectivity index (χ0) is 29.8. The number of aliphatic hydroxyl groups is 1. The number of carbonyl (C=O) groups is 5. The predicted molar refractivity (Wildman–Crippen MR) is 144 cm³/mol. The summed E-state index contributed by atoms with van der Waals surface area (Å²) >= 11 is 0. The molecule has 0 spiro atoms. The van der Waals surface area contributed by atoms with Crippen molar-refractivity contribution in [3.63, 3.8) is 0 Å². The Morgan fingerprint density at radius 2 is 1.85 bits per heavy atom. The first-order valence-corrected chi connectivity index (χ1v) is 13.1. The van der Waals surface area contributed by atoms with E-state index in [2.05, 4.69) is 6.58 Å². The normalized spacial score (nSPS) is 35.8. The fraction of sp³-hybridized carbons (Fsp3) is 0.517. The van der Waals surface area contributed by atoms with Gasteiger partial charge in [0, 0.05) is 24.5 Å². The minimum absolute atomic E-state index is 0.0297. The Morgan fingerprint density at radius 3 is 2.40 bits per heavy atom. The van der Waals surface area contributed by atoms with E-state index in [-0.39, 0.29) is 30.4 Å². The van der Waals surface area contributed by atoms with Crippen LogP contribution in [0.25, 0.3) is 0 Å². The fourth-order valence-corrected chi connectivity index (χ4v) is 6.94. The highest BCUT2D eigenvalue weighted by atomic mass is 19.1. The summed E-state index contributed by atoms with van der Waals surface area (Å²) in [6.07, 6.45) is 2.78. The van der Waals surface area contributed by atoms with Gasteiger partial charge in [0.25, 0.3) is 0 Å². The van der Waals surface area contributed by atoms with E-state index in [9.17, 15) is 29.1 Å². The number of nitrogens with two attached hydrogens (primary N) is 1. The summed E-state index contributed by atoms with van der Waals surface area (Å²) in [5.74, 6) is -9.80. The lowest BCUT2D eigenvalue weighted by molar-refractivity contribution is -0.161. The van der Waals surface area contributed by atoms with Crippen molar-refractivity contribution < 1.29 is 33.5 Å².